The lowest BCUT2D eigenvalue weighted by Crippen LogP contribution is -2.16. The van der Waals surface area contributed by atoms with E-state index in [2.05, 4.69) is 26.6 Å². The maximum Gasteiger partial charge on any atom is 0.291 e. The van der Waals surface area contributed by atoms with Gasteiger partial charge >= 0.3 is 0 Å². The highest BCUT2D eigenvalue weighted by molar-refractivity contribution is 9.10. The van der Waals surface area contributed by atoms with E-state index in [9.17, 15) is 18.4 Å². The van der Waals surface area contributed by atoms with E-state index in [1.54, 1.807) is 18.2 Å². The minimum absolute atomic E-state index is 0.0227. The number of furan rings is 1. The Morgan fingerprint density at radius 2 is 1.59 bits per heavy atom. The summed E-state index contributed by atoms with van der Waals surface area (Å²) in [6.07, 6.45) is 0. The Morgan fingerprint density at radius 1 is 0.931 bits per heavy atom. The largest absolute Gasteiger partial charge is 0.444 e. The lowest BCUT2D eigenvalue weighted by atomic mass is 10.1. The van der Waals surface area contributed by atoms with Crippen molar-refractivity contribution in [2.24, 2.45) is 0 Å². The van der Waals surface area contributed by atoms with Gasteiger partial charge in [-0.3, -0.25) is 9.59 Å². The highest BCUT2D eigenvalue weighted by Gasteiger charge is 2.16. The second kappa shape index (κ2) is 8.44. The Bertz CT molecular complexity index is 1060. The van der Waals surface area contributed by atoms with E-state index >= 15 is 0 Å². The fourth-order valence-corrected chi connectivity index (χ4v) is 2.94. The van der Waals surface area contributed by atoms with Gasteiger partial charge in [-0.15, -0.1) is 0 Å². The first-order valence-electron chi connectivity index (χ1n) is 8.39. The molecule has 3 aromatic rings. The Kier molecular flexibility index (Phi) is 5.97. The van der Waals surface area contributed by atoms with E-state index in [-0.39, 0.29) is 22.7 Å². The average molecular weight is 464 g/mol. The Morgan fingerprint density at radius 3 is 2.17 bits per heavy atom. The number of carbonyl (C=O) groups is 2. The smallest absolute Gasteiger partial charge is 0.291 e. The number of hydrogen-bond donors (Lipinski definition) is 2. The number of rotatable bonds is 5. The lowest BCUT2D eigenvalue weighted by molar-refractivity contribution is 0.0992. The maximum atomic E-state index is 14.1. The molecule has 2 N–H and O–H groups in total. The molecule has 0 radical (unpaired) electrons. The van der Waals surface area contributed by atoms with Gasteiger partial charge in [-0.2, -0.15) is 0 Å². The van der Waals surface area contributed by atoms with Gasteiger partial charge in [0.2, 0.25) is 0 Å². The number of benzene rings is 2. The minimum atomic E-state index is -0.795. The van der Waals surface area contributed by atoms with E-state index < -0.39 is 23.4 Å². The van der Waals surface area contributed by atoms with Crippen molar-refractivity contribution >= 4 is 44.8 Å². The van der Waals surface area contributed by atoms with Crippen LogP contribution in [0.25, 0.3) is 0 Å². The van der Waals surface area contributed by atoms with E-state index in [1.807, 2.05) is 0 Å². The van der Waals surface area contributed by atoms with Gasteiger partial charge in [0.15, 0.2) is 22.1 Å². The first-order valence-corrected chi connectivity index (χ1v) is 9.18. The van der Waals surface area contributed by atoms with Crippen LogP contribution in [0.2, 0.25) is 0 Å². The molecule has 0 saturated carbocycles. The Hall–Kier alpha value is -3.20. The molecule has 1 heterocycles. The maximum absolute atomic E-state index is 14.1. The molecule has 2 aromatic carbocycles. The van der Waals surface area contributed by atoms with Crippen molar-refractivity contribution in [1.82, 2.24) is 0 Å². The van der Waals surface area contributed by atoms with Gasteiger partial charge in [0.25, 0.3) is 11.8 Å². The Balaban J connectivity index is 1.75. The third-order valence-corrected chi connectivity index (χ3v) is 4.33. The normalized spacial score (nSPS) is 10.5. The number of hydrogen-bond acceptors (Lipinski definition) is 4. The van der Waals surface area contributed by atoms with E-state index in [0.29, 0.717) is 10.4 Å². The number of anilines is 3. The van der Waals surface area contributed by atoms with Crippen LogP contribution in [-0.2, 0) is 0 Å². The van der Waals surface area contributed by atoms with E-state index in [1.165, 1.54) is 37.2 Å². The van der Waals surface area contributed by atoms with Crippen molar-refractivity contribution in [3.8, 4) is 0 Å². The van der Waals surface area contributed by atoms with E-state index in [0.717, 1.165) is 12.1 Å². The standard InChI is InChI=1S/C20H16BrF2N3O3/c1-26(2)18-14(22)9-13(10-15(18)23)25-19(27)11-4-3-5-12(8-11)24-20(28)16-6-7-17(21)29-16/h3-10H,1-2H3,(H,24,28)(H,25,27). The van der Waals surface area contributed by atoms with Gasteiger partial charge in [0.05, 0.1) is 0 Å². The number of amides is 2. The van der Waals surface area contributed by atoms with Crippen molar-refractivity contribution in [2.45, 2.75) is 0 Å². The predicted molar refractivity (Wildman–Crippen MR) is 109 cm³/mol. The van der Waals surface area contributed by atoms with Gasteiger partial charge in [-0.25, -0.2) is 8.78 Å². The molecule has 6 nitrogen and oxygen atoms in total. The van der Waals surface area contributed by atoms with Gasteiger partial charge in [-0.05, 0) is 58.4 Å². The molecule has 0 fully saturated rings. The topological polar surface area (TPSA) is 74.6 Å². The highest BCUT2D eigenvalue weighted by Crippen LogP contribution is 2.26. The minimum Gasteiger partial charge on any atom is -0.444 e. The molecule has 3 rings (SSSR count). The zero-order valence-electron chi connectivity index (χ0n) is 15.4. The highest BCUT2D eigenvalue weighted by atomic mass is 79.9. The zero-order valence-corrected chi connectivity index (χ0v) is 17.0. The monoisotopic (exact) mass is 463 g/mol. The summed E-state index contributed by atoms with van der Waals surface area (Å²) < 4.78 is 33.8. The zero-order chi connectivity index (χ0) is 21.1. The third-order valence-electron chi connectivity index (χ3n) is 3.90. The number of nitrogens with zero attached hydrogens (tertiary/aromatic N) is 1. The molecule has 0 unspecified atom stereocenters. The summed E-state index contributed by atoms with van der Waals surface area (Å²) in [7, 11) is 3.03. The van der Waals surface area contributed by atoms with Crippen molar-refractivity contribution < 1.29 is 22.8 Å². The summed E-state index contributed by atoms with van der Waals surface area (Å²) in [6, 6.07) is 11.3. The molecule has 29 heavy (non-hydrogen) atoms. The van der Waals surface area contributed by atoms with Crippen molar-refractivity contribution in [3.63, 3.8) is 0 Å². The van der Waals surface area contributed by atoms with Crippen molar-refractivity contribution in [2.75, 3.05) is 29.6 Å². The van der Waals surface area contributed by atoms with Crippen LogP contribution in [-0.4, -0.2) is 25.9 Å². The fraction of sp³-hybridized carbons (Fsp3) is 0.100. The van der Waals surface area contributed by atoms with Crippen molar-refractivity contribution in [3.05, 3.63) is 76.2 Å². The van der Waals surface area contributed by atoms with Gasteiger partial charge < -0.3 is 20.0 Å². The number of nitrogens with one attached hydrogen (secondary N) is 2. The molecule has 0 saturated heterocycles. The average Bonchev–Trinajstić information content (AvgIpc) is 3.07. The first kappa shape index (κ1) is 20.5. The molecule has 150 valence electrons. The molecule has 9 heteroatoms. The Labute approximate surface area is 173 Å². The SMILES string of the molecule is CN(C)c1c(F)cc(NC(=O)c2cccc(NC(=O)c3ccc(Br)o3)c2)cc1F. The van der Waals surface area contributed by atoms with Crippen molar-refractivity contribution in [1.29, 1.82) is 0 Å². The molecule has 0 atom stereocenters. The molecule has 0 spiro atoms. The second-order valence-electron chi connectivity index (χ2n) is 6.28. The first-order chi connectivity index (χ1) is 13.7. The molecule has 0 aliphatic heterocycles. The molecule has 2 amide bonds. The van der Waals surface area contributed by atoms with Crippen LogP contribution >= 0.6 is 15.9 Å². The van der Waals surface area contributed by atoms with Gasteiger partial charge in [0.1, 0.15) is 5.69 Å². The lowest BCUT2D eigenvalue weighted by Gasteiger charge is -2.16. The quantitative estimate of drug-likeness (QED) is 0.564. The van der Waals surface area contributed by atoms with Gasteiger partial charge in [0, 0.05) is 31.0 Å². The molecule has 0 bridgehead atoms. The second-order valence-corrected chi connectivity index (χ2v) is 7.06. The third kappa shape index (κ3) is 4.80. The van der Waals surface area contributed by atoms with Crippen LogP contribution in [0.4, 0.5) is 25.8 Å². The summed E-state index contributed by atoms with van der Waals surface area (Å²) in [5, 5.41) is 5.06. The summed E-state index contributed by atoms with van der Waals surface area (Å²) >= 11 is 3.11. The summed E-state index contributed by atoms with van der Waals surface area (Å²) in [5.74, 6) is -2.57. The number of halogens is 3. The summed E-state index contributed by atoms with van der Waals surface area (Å²) in [4.78, 5) is 25.9. The van der Waals surface area contributed by atoms with Crippen LogP contribution in [0.5, 0.6) is 0 Å². The van der Waals surface area contributed by atoms with Crippen LogP contribution < -0.4 is 15.5 Å². The molecule has 1 aromatic heterocycles. The van der Waals surface area contributed by atoms with Crippen LogP contribution in [0.15, 0.2) is 57.6 Å². The van der Waals surface area contributed by atoms with E-state index in [4.69, 9.17) is 4.42 Å². The predicted octanol–water partition coefficient (Wildman–Crippen LogP) is 4.89. The molecule has 0 aliphatic rings. The number of carbonyl (C=O) groups excluding carboxylic acids is 2. The fourth-order valence-electron chi connectivity index (χ4n) is 2.64. The molecule has 0 aliphatic carbocycles. The molecular formula is C20H16BrF2N3O3. The summed E-state index contributed by atoms with van der Waals surface area (Å²) in [6.45, 7) is 0. The summed E-state index contributed by atoms with van der Waals surface area (Å²) in [5.41, 5.74) is 0.333. The molecular weight excluding hydrogens is 448 g/mol. The van der Waals surface area contributed by atoms with Gasteiger partial charge in [-0.1, -0.05) is 6.07 Å². The van der Waals surface area contributed by atoms with Crippen LogP contribution in [0, 0.1) is 11.6 Å². The van der Waals surface area contributed by atoms with Crippen LogP contribution in [0.3, 0.4) is 0 Å². The van der Waals surface area contributed by atoms with Crippen LogP contribution in [0.1, 0.15) is 20.9 Å².